The number of carbonyl (C=O) groups is 2. The van der Waals surface area contributed by atoms with Crippen LogP contribution in [-0.4, -0.2) is 17.8 Å². The average molecular weight is 497 g/mol. The summed E-state index contributed by atoms with van der Waals surface area (Å²) in [5, 5.41) is 9.05. The van der Waals surface area contributed by atoms with Crippen LogP contribution in [0.15, 0.2) is 84.3 Å². The van der Waals surface area contributed by atoms with Gasteiger partial charge in [-0.05, 0) is 67.1 Å². The zero-order valence-electron chi connectivity index (χ0n) is 19.8. The quantitative estimate of drug-likeness (QED) is 0.248. The number of anilines is 1. The summed E-state index contributed by atoms with van der Waals surface area (Å²) < 4.78 is 12.1. The molecule has 0 atom stereocenters. The molecule has 6 nitrogen and oxygen atoms in total. The molecule has 2 amide bonds. The van der Waals surface area contributed by atoms with Crippen molar-refractivity contribution in [2.45, 2.75) is 20.0 Å². The van der Waals surface area contributed by atoms with E-state index in [9.17, 15) is 14.9 Å². The number of allylic oxidation sites excluding steroid dienone is 1. The minimum atomic E-state index is -0.368. The Morgan fingerprint density at radius 1 is 1.03 bits per heavy atom. The molecule has 180 valence electrons. The van der Waals surface area contributed by atoms with E-state index in [0.717, 1.165) is 22.9 Å². The number of benzene rings is 3. The largest absolute Gasteiger partial charge is 0.490 e. The molecule has 3 aromatic rings. The van der Waals surface area contributed by atoms with Crippen LogP contribution in [0, 0.1) is 11.3 Å². The van der Waals surface area contributed by atoms with Crippen LogP contribution in [0.5, 0.6) is 11.5 Å². The first kappa shape index (κ1) is 24.8. The number of nitrogens with zero attached hydrogens (tertiary/aromatic N) is 2. The van der Waals surface area contributed by atoms with Crippen LogP contribution in [0.2, 0.25) is 0 Å². The first-order valence-electron chi connectivity index (χ1n) is 11.4. The lowest BCUT2D eigenvalue weighted by atomic mass is 10.0. The maximum atomic E-state index is 13.0. The second kappa shape index (κ2) is 11.4. The highest BCUT2D eigenvalue weighted by Crippen LogP contribution is 2.39. The van der Waals surface area contributed by atoms with E-state index in [-0.39, 0.29) is 17.8 Å². The molecule has 1 aliphatic heterocycles. The van der Waals surface area contributed by atoms with Gasteiger partial charge in [0, 0.05) is 11.1 Å². The van der Waals surface area contributed by atoms with Gasteiger partial charge in [0.05, 0.1) is 28.8 Å². The number of hydrogen-bond acceptors (Lipinski definition) is 6. The second-order valence-electron chi connectivity index (χ2n) is 7.84. The Hall–Kier alpha value is -4.28. The Labute approximate surface area is 214 Å². The molecule has 1 aliphatic rings. The lowest BCUT2D eigenvalue weighted by Crippen LogP contribution is -2.27. The van der Waals surface area contributed by atoms with Crippen LogP contribution in [-0.2, 0) is 17.8 Å². The van der Waals surface area contributed by atoms with Gasteiger partial charge in [0.2, 0.25) is 0 Å². The monoisotopic (exact) mass is 496 g/mol. The molecule has 7 heteroatoms. The van der Waals surface area contributed by atoms with Crippen LogP contribution in [0.25, 0.3) is 6.08 Å². The lowest BCUT2D eigenvalue weighted by molar-refractivity contribution is -0.113. The fraction of sp³-hybridized carbons (Fsp3) is 0.138. The van der Waals surface area contributed by atoms with E-state index < -0.39 is 0 Å². The summed E-state index contributed by atoms with van der Waals surface area (Å²) in [5.74, 6) is 0.701. The van der Waals surface area contributed by atoms with Gasteiger partial charge in [-0.15, -0.1) is 6.58 Å². The van der Waals surface area contributed by atoms with Gasteiger partial charge in [0.1, 0.15) is 6.61 Å². The summed E-state index contributed by atoms with van der Waals surface area (Å²) in [4.78, 5) is 27.1. The number of rotatable bonds is 9. The van der Waals surface area contributed by atoms with E-state index in [2.05, 4.69) is 12.6 Å². The Morgan fingerprint density at radius 2 is 1.78 bits per heavy atom. The van der Waals surface area contributed by atoms with Crippen molar-refractivity contribution in [2.75, 3.05) is 11.5 Å². The highest BCUT2D eigenvalue weighted by atomic mass is 32.2. The van der Waals surface area contributed by atoms with Gasteiger partial charge < -0.3 is 9.47 Å². The molecule has 1 saturated heterocycles. The second-order valence-corrected chi connectivity index (χ2v) is 8.84. The summed E-state index contributed by atoms with van der Waals surface area (Å²) >= 11 is 0.901. The standard InChI is InChI=1S/C29H24N2O4S/c1-3-10-21-15-20(17-26-28(32)31(29(33)36-26)24-13-6-5-7-14-24)16-25(34-4-2)27(21)35-19-23-12-9-8-11-22(23)18-30/h3,5-9,11-17H,1,4,10,19H2,2H3/b26-17-. The minimum Gasteiger partial charge on any atom is -0.490 e. The summed E-state index contributed by atoms with van der Waals surface area (Å²) in [6.07, 6.45) is 3.95. The van der Waals surface area contributed by atoms with Gasteiger partial charge in [0.25, 0.3) is 11.1 Å². The average Bonchev–Trinajstić information content (AvgIpc) is 3.16. The van der Waals surface area contributed by atoms with Gasteiger partial charge in [0.15, 0.2) is 11.5 Å². The summed E-state index contributed by atoms with van der Waals surface area (Å²) in [5.41, 5.74) is 3.38. The van der Waals surface area contributed by atoms with E-state index in [0.29, 0.717) is 46.2 Å². The van der Waals surface area contributed by atoms with Crippen molar-refractivity contribution in [3.63, 3.8) is 0 Å². The van der Waals surface area contributed by atoms with Crippen molar-refractivity contribution in [1.82, 2.24) is 0 Å². The molecule has 0 unspecified atom stereocenters. The third-order valence-electron chi connectivity index (χ3n) is 5.43. The van der Waals surface area contributed by atoms with Crippen molar-refractivity contribution >= 4 is 34.7 Å². The predicted molar refractivity (Wildman–Crippen MR) is 142 cm³/mol. The van der Waals surface area contributed by atoms with Gasteiger partial charge in [-0.1, -0.05) is 42.5 Å². The predicted octanol–water partition coefficient (Wildman–Crippen LogP) is 6.51. The van der Waals surface area contributed by atoms with Crippen molar-refractivity contribution in [2.24, 2.45) is 0 Å². The maximum absolute atomic E-state index is 13.0. The summed E-state index contributed by atoms with van der Waals surface area (Å²) in [6.45, 7) is 6.33. The molecule has 0 bridgehead atoms. The van der Waals surface area contributed by atoms with Crippen LogP contribution in [0.1, 0.15) is 29.2 Å². The molecule has 0 N–H and O–H groups in total. The summed E-state index contributed by atoms with van der Waals surface area (Å²) in [7, 11) is 0. The highest BCUT2D eigenvalue weighted by Gasteiger charge is 2.36. The summed E-state index contributed by atoms with van der Waals surface area (Å²) in [6, 6.07) is 22.0. The molecule has 3 aromatic carbocycles. The van der Waals surface area contributed by atoms with Crippen molar-refractivity contribution in [3.8, 4) is 17.6 Å². The SMILES string of the molecule is C=CCc1cc(/C=C2\SC(=O)N(c3ccccc3)C2=O)cc(OCC)c1OCc1ccccc1C#N. The van der Waals surface area contributed by atoms with Gasteiger partial charge in [-0.3, -0.25) is 9.59 Å². The van der Waals surface area contributed by atoms with Crippen LogP contribution in [0.3, 0.4) is 0 Å². The molecular formula is C29H24N2O4S. The topological polar surface area (TPSA) is 79.6 Å². The van der Waals surface area contributed by atoms with Gasteiger partial charge in [-0.25, -0.2) is 4.90 Å². The van der Waals surface area contributed by atoms with E-state index in [1.807, 2.05) is 37.3 Å². The van der Waals surface area contributed by atoms with Gasteiger partial charge >= 0.3 is 0 Å². The third-order valence-corrected chi connectivity index (χ3v) is 6.30. The Balaban J connectivity index is 1.68. The molecule has 36 heavy (non-hydrogen) atoms. The normalized spacial score (nSPS) is 14.1. The number of para-hydroxylation sites is 1. The van der Waals surface area contributed by atoms with Crippen molar-refractivity contribution < 1.29 is 19.1 Å². The number of imide groups is 1. The first-order chi connectivity index (χ1) is 17.5. The Morgan fingerprint density at radius 3 is 2.50 bits per heavy atom. The number of hydrogen-bond donors (Lipinski definition) is 0. The fourth-order valence-corrected chi connectivity index (χ4v) is 4.67. The van der Waals surface area contributed by atoms with E-state index in [4.69, 9.17) is 9.47 Å². The molecule has 0 aromatic heterocycles. The maximum Gasteiger partial charge on any atom is 0.298 e. The van der Waals surface area contributed by atoms with Crippen LogP contribution < -0.4 is 14.4 Å². The molecule has 1 heterocycles. The van der Waals surface area contributed by atoms with E-state index in [1.165, 1.54) is 4.90 Å². The fourth-order valence-electron chi connectivity index (χ4n) is 3.82. The zero-order chi connectivity index (χ0) is 25.5. The lowest BCUT2D eigenvalue weighted by Gasteiger charge is -2.17. The van der Waals surface area contributed by atoms with Crippen molar-refractivity contribution in [1.29, 1.82) is 5.26 Å². The number of amides is 2. The number of nitriles is 1. The molecular weight excluding hydrogens is 472 g/mol. The number of carbonyl (C=O) groups excluding carboxylic acids is 2. The Bertz CT molecular complexity index is 1380. The zero-order valence-corrected chi connectivity index (χ0v) is 20.6. The molecule has 0 radical (unpaired) electrons. The van der Waals surface area contributed by atoms with Gasteiger partial charge in [-0.2, -0.15) is 5.26 Å². The van der Waals surface area contributed by atoms with Crippen molar-refractivity contribution in [3.05, 3.63) is 107 Å². The Kier molecular flexibility index (Phi) is 7.89. The van der Waals surface area contributed by atoms with E-state index in [1.54, 1.807) is 48.6 Å². The molecule has 1 fully saturated rings. The number of ether oxygens (including phenoxy) is 2. The third kappa shape index (κ3) is 5.35. The van der Waals surface area contributed by atoms with E-state index >= 15 is 0 Å². The van der Waals surface area contributed by atoms with Crippen LogP contribution in [0.4, 0.5) is 10.5 Å². The molecule has 4 rings (SSSR count). The van der Waals surface area contributed by atoms with Crippen LogP contribution >= 0.6 is 11.8 Å². The highest BCUT2D eigenvalue weighted by molar-refractivity contribution is 8.19. The smallest absolute Gasteiger partial charge is 0.298 e. The minimum absolute atomic E-state index is 0.198. The first-order valence-corrected chi connectivity index (χ1v) is 12.2. The number of thioether (sulfide) groups is 1. The molecule has 0 spiro atoms. The molecule has 0 saturated carbocycles. The molecule has 0 aliphatic carbocycles.